The lowest BCUT2D eigenvalue weighted by molar-refractivity contribution is -0.119. The average Bonchev–Trinajstić information content (AvgIpc) is 2.81. The van der Waals surface area contributed by atoms with Crippen molar-refractivity contribution in [3.8, 4) is 0 Å². The van der Waals surface area contributed by atoms with Gasteiger partial charge in [0.25, 0.3) is 0 Å². The molecule has 3 aromatic rings. The fourth-order valence-electron chi connectivity index (χ4n) is 3.15. The molecule has 0 saturated heterocycles. The minimum atomic E-state index is -4.32. The molecular formula is C24H24FN3O5S. The Labute approximate surface area is 197 Å². The maximum atomic E-state index is 14.1. The van der Waals surface area contributed by atoms with Crippen molar-refractivity contribution in [1.29, 1.82) is 0 Å². The Morgan fingerprint density at radius 3 is 2.09 bits per heavy atom. The van der Waals surface area contributed by atoms with E-state index in [9.17, 15) is 22.4 Å². The van der Waals surface area contributed by atoms with Crippen LogP contribution >= 0.6 is 0 Å². The van der Waals surface area contributed by atoms with Gasteiger partial charge in [-0.05, 0) is 48.4 Å². The second-order valence-electron chi connectivity index (χ2n) is 7.34. The Balaban J connectivity index is 1.78. The molecule has 3 N–H and O–H groups in total. The number of halogens is 1. The summed E-state index contributed by atoms with van der Waals surface area (Å²) >= 11 is 0. The van der Waals surface area contributed by atoms with E-state index >= 15 is 0 Å². The molecule has 0 radical (unpaired) electrons. The summed E-state index contributed by atoms with van der Waals surface area (Å²) in [4.78, 5) is 24.1. The van der Waals surface area contributed by atoms with Gasteiger partial charge in [-0.15, -0.1) is 0 Å². The first-order chi connectivity index (χ1) is 16.3. The molecule has 0 fully saturated rings. The molecule has 178 valence electrons. The van der Waals surface area contributed by atoms with Crippen LogP contribution in [0.2, 0.25) is 0 Å². The monoisotopic (exact) mass is 485 g/mol. The molecule has 0 aromatic heterocycles. The predicted molar refractivity (Wildman–Crippen MR) is 126 cm³/mol. The van der Waals surface area contributed by atoms with Crippen molar-refractivity contribution < 1.29 is 27.1 Å². The Kier molecular flexibility index (Phi) is 8.47. The highest BCUT2D eigenvalue weighted by Crippen LogP contribution is 2.17. The van der Waals surface area contributed by atoms with Crippen LogP contribution in [-0.2, 0) is 30.8 Å². The quantitative estimate of drug-likeness (QED) is 0.409. The van der Waals surface area contributed by atoms with E-state index < -0.39 is 32.7 Å². The fraction of sp³-hybridized carbons (Fsp3) is 0.167. The fourth-order valence-corrected chi connectivity index (χ4v) is 4.42. The summed E-state index contributed by atoms with van der Waals surface area (Å²) in [7, 11) is -2.91. The number of methoxy groups -OCH3 is 1. The largest absolute Gasteiger partial charge is 0.375 e. The van der Waals surface area contributed by atoms with E-state index in [0.29, 0.717) is 11.4 Å². The molecule has 0 bridgehead atoms. The Morgan fingerprint density at radius 1 is 0.882 bits per heavy atom. The number of anilines is 2. The van der Waals surface area contributed by atoms with Gasteiger partial charge in [0.2, 0.25) is 21.8 Å². The maximum Gasteiger partial charge on any atom is 0.250 e. The maximum absolute atomic E-state index is 14.1. The van der Waals surface area contributed by atoms with Crippen molar-refractivity contribution in [2.45, 2.75) is 17.4 Å². The number of hydrogen-bond donors (Lipinski definition) is 3. The van der Waals surface area contributed by atoms with Crippen molar-refractivity contribution in [2.24, 2.45) is 0 Å². The molecule has 0 unspecified atom stereocenters. The van der Waals surface area contributed by atoms with Crippen molar-refractivity contribution in [3.05, 3.63) is 90.2 Å². The number of amides is 2. The SMILES string of the molecule is COCC(=O)Nc1ccc(NC(=O)[C@H](Cc2ccccc2)NS(=O)(=O)c2ccccc2F)cc1. The zero-order valence-corrected chi connectivity index (χ0v) is 19.1. The molecular weight excluding hydrogens is 461 g/mol. The van der Waals surface area contributed by atoms with Crippen LogP contribution in [0.4, 0.5) is 15.8 Å². The van der Waals surface area contributed by atoms with Gasteiger partial charge in [-0.3, -0.25) is 9.59 Å². The van der Waals surface area contributed by atoms with Crippen LogP contribution in [0.3, 0.4) is 0 Å². The second-order valence-corrected chi connectivity index (χ2v) is 9.02. The van der Waals surface area contributed by atoms with Crippen molar-refractivity contribution >= 4 is 33.2 Å². The minimum Gasteiger partial charge on any atom is -0.375 e. The third kappa shape index (κ3) is 6.95. The molecule has 8 nitrogen and oxygen atoms in total. The van der Waals surface area contributed by atoms with Gasteiger partial charge in [-0.1, -0.05) is 42.5 Å². The molecule has 0 aliphatic carbocycles. The smallest absolute Gasteiger partial charge is 0.250 e. The number of ether oxygens (including phenoxy) is 1. The number of carbonyl (C=O) groups excluding carboxylic acids is 2. The lowest BCUT2D eigenvalue weighted by atomic mass is 10.1. The average molecular weight is 486 g/mol. The zero-order chi connectivity index (χ0) is 24.6. The molecule has 10 heteroatoms. The lowest BCUT2D eigenvalue weighted by Gasteiger charge is -2.19. The van der Waals surface area contributed by atoms with E-state index in [1.165, 1.54) is 19.2 Å². The van der Waals surface area contributed by atoms with Gasteiger partial charge in [0, 0.05) is 18.5 Å². The lowest BCUT2D eigenvalue weighted by Crippen LogP contribution is -2.45. The Bertz CT molecular complexity index is 1230. The van der Waals surface area contributed by atoms with Gasteiger partial charge in [-0.2, -0.15) is 4.72 Å². The van der Waals surface area contributed by atoms with Gasteiger partial charge < -0.3 is 15.4 Å². The van der Waals surface area contributed by atoms with Gasteiger partial charge in [0.05, 0.1) is 0 Å². The van der Waals surface area contributed by atoms with E-state index in [1.54, 1.807) is 54.6 Å². The van der Waals surface area contributed by atoms with Crippen molar-refractivity contribution in [1.82, 2.24) is 4.72 Å². The van der Waals surface area contributed by atoms with Crippen LogP contribution in [0.5, 0.6) is 0 Å². The van der Waals surface area contributed by atoms with E-state index in [0.717, 1.165) is 17.7 Å². The van der Waals surface area contributed by atoms with Crippen LogP contribution in [0, 0.1) is 5.82 Å². The molecule has 0 aliphatic heterocycles. The molecule has 2 amide bonds. The number of nitrogens with one attached hydrogen (secondary N) is 3. The molecule has 0 spiro atoms. The Morgan fingerprint density at radius 2 is 1.47 bits per heavy atom. The van der Waals surface area contributed by atoms with Crippen molar-refractivity contribution in [3.63, 3.8) is 0 Å². The van der Waals surface area contributed by atoms with Crippen LogP contribution < -0.4 is 15.4 Å². The number of hydrogen-bond acceptors (Lipinski definition) is 5. The zero-order valence-electron chi connectivity index (χ0n) is 18.3. The summed E-state index contributed by atoms with van der Waals surface area (Å²) in [5.41, 5.74) is 1.61. The first-order valence-electron chi connectivity index (χ1n) is 10.3. The highest BCUT2D eigenvalue weighted by molar-refractivity contribution is 7.89. The van der Waals surface area contributed by atoms with Crippen molar-refractivity contribution in [2.75, 3.05) is 24.4 Å². The number of carbonyl (C=O) groups is 2. The highest BCUT2D eigenvalue weighted by atomic mass is 32.2. The number of sulfonamides is 1. The van der Waals surface area contributed by atoms with Gasteiger partial charge >= 0.3 is 0 Å². The van der Waals surface area contributed by atoms with Crippen LogP contribution in [-0.4, -0.2) is 40.0 Å². The third-order valence-electron chi connectivity index (χ3n) is 4.73. The normalized spacial score (nSPS) is 12.1. The van der Waals surface area contributed by atoms with Crippen LogP contribution in [0.25, 0.3) is 0 Å². The first kappa shape index (κ1) is 25.0. The second kappa shape index (κ2) is 11.5. The summed E-state index contributed by atoms with van der Waals surface area (Å²) in [6.07, 6.45) is 0.0471. The molecule has 1 atom stereocenters. The van der Waals surface area contributed by atoms with E-state index in [4.69, 9.17) is 4.74 Å². The summed E-state index contributed by atoms with van der Waals surface area (Å²) in [6, 6.07) is 18.9. The molecule has 3 rings (SSSR count). The topological polar surface area (TPSA) is 114 Å². The molecule has 3 aromatic carbocycles. The van der Waals surface area contributed by atoms with Crippen LogP contribution in [0.1, 0.15) is 5.56 Å². The first-order valence-corrected chi connectivity index (χ1v) is 11.8. The molecule has 34 heavy (non-hydrogen) atoms. The standard InChI is InChI=1S/C24H24FN3O5S/c1-33-16-23(29)26-18-11-13-19(14-12-18)27-24(30)21(15-17-7-3-2-4-8-17)28-34(31,32)22-10-6-5-9-20(22)25/h2-14,21,28H,15-16H2,1H3,(H,26,29)(H,27,30)/t21-/m0/s1. The third-order valence-corrected chi connectivity index (χ3v) is 6.24. The van der Waals surface area contributed by atoms with Crippen LogP contribution in [0.15, 0.2) is 83.8 Å². The van der Waals surface area contributed by atoms with Gasteiger partial charge in [-0.25, -0.2) is 12.8 Å². The predicted octanol–water partition coefficient (Wildman–Crippen LogP) is 2.94. The minimum absolute atomic E-state index is 0.0471. The summed E-state index contributed by atoms with van der Waals surface area (Å²) in [6.45, 7) is -0.0954. The van der Waals surface area contributed by atoms with E-state index in [1.807, 2.05) is 0 Å². The van der Waals surface area contributed by atoms with E-state index in [2.05, 4.69) is 15.4 Å². The summed E-state index contributed by atoms with van der Waals surface area (Å²) in [5, 5.41) is 5.29. The summed E-state index contributed by atoms with van der Waals surface area (Å²) < 4.78 is 46.9. The Hall–Kier alpha value is -3.60. The van der Waals surface area contributed by atoms with Gasteiger partial charge in [0.1, 0.15) is 23.4 Å². The molecule has 0 saturated carbocycles. The van der Waals surface area contributed by atoms with Gasteiger partial charge in [0.15, 0.2) is 0 Å². The van der Waals surface area contributed by atoms with E-state index in [-0.39, 0.29) is 18.9 Å². The molecule has 0 heterocycles. The number of benzene rings is 3. The molecule has 0 aliphatic rings. The highest BCUT2D eigenvalue weighted by Gasteiger charge is 2.28. The number of rotatable bonds is 10. The summed E-state index contributed by atoms with van der Waals surface area (Å²) in [5.74, 6) is -1.87.